The first-order chi connectivity index (χ1) is 18.8. The van der Waals surface area contributed by atoms with E-state index in [0.29, 0.717) is 20.4 Å². The molecule has 0 radical (unpaired) electrons. The number of phenolic OH excluding ortho intramolecular Hbond substituents is 1. The number of thiocarbonyl (C=S) groups is 1. The van der Waals surface area contributed by atoms with E-state index in [4.69, 9.17) is 17.0 Å². The van der Waals surface area contributed by atoms with Crippen LogP contribution in [0.4, 0.5) is 14.5 Å². The molecule has 1 aromatic heterocycles. The van der Waals surface area contributed by atoms with Crippen molar-refractivity contribution in [1.29, 1.82) is 0 Å². The molecule has 0 saturated carbocycles. The monoisotopic (exact) mass is 602 g/mol. The van der Waals surface area contributed by atoms with E-state index in [1.165, 1.54) is 40.5 Å². The van der Waals surface area contributed by atoms with Crippen LogP contribution in [-0.2, 0) is 14.3 Å². The van der Waals surface area contributed by atoms with Crippen LogP contribution in [0.1, 0.15) is 42.4 Å². The second-order valence-corrected chi connectivity index (χ2v) is 12.4. The number of thiophene rings is 1. The number of carbonyl (C=O) groups is 3. The second-order valence-electron chi connectivity index (χ2n) is 9.73. The highest BCUT2D eigenvalue weighted by Crippen LogP contribution is 2.35. The molecule has 208 valence electrons. The fraction of sp³-hybridized carbons (Fsp3) is 0.214. The molecule has 4 rings (SSSR count). The van der Waals surface area contributed by atoms with Gasteiger partial charge in [0, 0.05) is 29.6 Å². The molecule has 0 unspecified atom stereocenters. The van der Waals surface area contributed by atoms with Gasteiger partial charge in [-0.05, 0) is 73.7 Å². The number of hydrogen-bond donors (Lipinski definition) is 2. The van der Waals surface area contributed by atoms with E-state index in [1.807, 2.05) is 0 Å². The van der Waals surface area contributed by atoms with Gasteiger partial charge in [0.25, 0.3) is 5.91 Å². The van der Waals surface area contributed by atoms with Crippen LogP contribution in [0.15, 0.2) is 52.7 Å². The molecular formula is C28H24F2N2O5S3. The van der Waals surface area contributed by atoms with E-state index in [2.05, 4.69) is 5.32 Å². The van der Waals surface area contributed by atoms with Crippen LogP contribution in [0.5, 0.6) is 5.75 Å². The van der Waals surface area contributed by atoms with Gasteiger partial charge in [0.15, 0.2) is 11.6 Å². The molecule has 12 heteroatoms. The molecule has 0 atom stereocenters. The Kier molecular flexibility index (Phi) is 8.71. The first-order valence-electron chi connectivity index (χ1n) is 12.0. The van der Waals surface area contributed by atoms with Crippen LogP contribution >= 0.6 is 35.3 Å². The number of thioether (sulfide) groups is 1. The summed E-state index contributed by atoms with van der Waals surface area (Å²) < 4.78 is 32.4. The third kappa shape index (κ3) is 7.12. The predicted molar refractivity (Wildman–Crippen MR) is 156 cm³/mol. The highest BCUT2D eigenvalue weighted by atomic mass is 32.2. The largest absolute Gasteiger partial charge is 0.507 e. The maximum atomic E-state index is 13.6. The average Bonchev–Trinajstić information content (AvgIpc) is 3.42. The van der Waals surface area contributed by atoms with E-state index < -0.39 is 29.1 Å². The minimum absolute atomic E-state index is 0.0278. The van der Waals surface area contributed by atoms with E-state index >= 15 is 0 Å². The number of ether oxygens (including phenoxy) is 1. The molecule has 40 heavy (non-hydrogen) atoms. The van der Waals surface area contributed by atoms with Gasteiger partial charge >= 0.3 is 5.97 Å². The van der Waals surface area contributed by atoms with Crippen LogP contribution < -0.4 is 5.32 Å². The quantitative estimate of drug-likeness (QED) is 0.179. The summed E-state index contributed by atoms with van der Waals surface area (Å²) in [5.41, 5.74) is 0.720. The normalized spacial score (nSPS) is 14.6. The molecule has 0 bridgehead atoms. The molecule has 1 saturated heterocycles. The number of amides is 2. The molecule has 1 fully saturated rings. The number of benzene rings is 2. The molecule has 2 heterocycles. The molecular weight excluding hydrogens is 579 g/mol. The van der Waals surface area contributed by atoms with Gasteiger partial charge in [0.05, 0.1) is 4.91 Å². The summed E-state index contributed by atoms with van der Waals surface area (Å²) in [4.78, 5) is 40.1. The lowest BCUT2D eigenvalue weighted by Crippen LogP contribution is -2.31. The summed E-state index contributed by atoms with van der Waals surface area (Å²) in [7, 11) is 0. The number of anilines is 1. The van der Waals surface area contributed by atoms with Crippen molar-refractivity contribution in [1.82, 2.24) is 4.90 Å². The summed E-state index contributed by atoms with van der Waals surface area (Å²) in [5.74, 6) is -3.65. The highest BCUT2D eigenvalue weighted by molar-refractivity contribution is 8.26. The molecule has 2 N–H and O–H groups in total. The Bertz CT molecular complexity index is 1540. The average molecular weight is 603 g/mol. The van der Waals surface area contributed by atoms with Crippen LogP contribution in [0.25, 0.3) is 17.2 Å². The SMILES string of the molecule is CC(C)(C)OC(=O)c1ccc(NC(=O)CCN2C(=O)/C(=C/c3cc(-c4ccc(F)c(F)c4)cs3)SC2=S)cc1O. The summed E-state index contributed by atoms with van der Waals surface area (Å²) >= 11 is 7.79. The minimum atomic E-state index is -0.940. The van der Waals surface area contributed by atoms with Gasteiger partial charge in [0.1, 0.15) is 21.2 Å². The number of halogens is 2. The summed E-state index contributed by atoms with van der Waals surface area (Å²) in [6.45, 7) is 5.17. The lowest BCUT2D eigenvalue weighted by atomic mass is 10.1. The minimum Gasteiger partial charge on any atom is -0.507 e. The Labute approximate surface area is 242 Å². The maximum Gasteiger partial charge on any atom is 0.342 e. The van der Waals surface area contributed by atoms with Crippen molar-refractivity contribution in [3.05, 3.63) is 74.8 Å². The molecule has 2 aromatic carbocycles. The Balaban J connectivity index is 1.35. The first kappa shape index (κ1) is 29.4. The van der Waals surface area contributed by atoms with Crippen molar-refractivity contribution >= 4 is 69.2 Å². The lowest BCUT2D eigenvalue weighted by Gasteiger charge is -2.20. The van der Waals surface area contributed by atoms with E-state index in [9.17, 15) is 28.3 Å². The van der Waals surface area contributed by atoms with Gasteiger partial charge in [-0.15, -0.1) is 11.3 Å². The zero-order chi connectivity index (χ0) is 29.2. The molecule has 7 nitrogen and oxygen atoms in total. The van der Waals surface area contributed by atoms with Crippen LogP contribution in [0.3, 0.4) is 0 Å². The third-order valence-electron chi connectivity index (χ3n) is 5.48. The number of aromatic hydroxyl groups is 1. The molecule has 1 aliphatic heterocycles. The van der Waals surface area contributed by atoms with Crippen molar-refractivity contribution in [2.24, 2.45) is 0 Å². The number of esters is 1. The second kappa shape index (κ2) is 11.9. The smallest absolute Gasteiger partial charge is 0.342 e. The van der Waals surface area contributed by atoms with Crippen LogP contribution in [0, 0.1) is 11.6 Å². The Hall–Kier alpha value is -3.61. The van der Waals surface area contributed by atoms with Crippen LogP contribution in [-0.4, -0.2) is 44.3 Å². The van der Waals surface area contributed by atoms with Crippen molar-refractivity contribution < 1.29 is 33.0 Å². The number of phenols is 1. The highest BCUT2D eigenvalue weighted by Gasteiger charge is 2.32. The van der Waals surface area contributed by atoms with Gasteiger partial charge in [0.2, 0.25) is 5.91 Å². The van der Waals surface area contributed by atoms with Crippen molar-refractivity contribution in [2.45, 2.75) is 32.8 Å². The standard InChI is InChI=1S/C28H24F2N2O5S3/c1-28(2,3)37-26(36)19-6-5-17(12-22(19)33)31-24(34)8-9-32-25(35)23(40-27(32)38)13-18-10-16(14-39-18)15-4-7-20(29)21(30)11-15/h4-7,10-14,33H,8-9H2,1-3H3,(H,31,34)/b23-13-. The molecule has 1 aliphatic rings. The zero-order valence-electron chi connectivity index (χ0n) is 21.6. The Morgan fingerprint density at radius 1 is 1.10 bits per heavy atom. The first-order valence-corrected chi connectivity index (χ1v) is 14.1. The van der Waals surface area contributed by atoms with Gasteiger partial charge in [-0.25, -0.2) is 13.6 Å². The van der Waals surface area contributed by atoms with E-state index in [0.717, 1.165) is 28.8 Å². The number of rotatable bonds is 7. The fourth-order valence-corrected chi connectivity index (χ4v) is 5.85. The van der Waals surface area contributed by atoms with E-state index in [1.54, 1.807) is 38.3 Å². The fourth-order valence-electron chi connectivity index (χ4n) is 3.63. The van der Waals surface area contributed by atoms with Gasteiger partial charge < -0.3 is 15.2 Å². The Morgan fingerprint density at radius 2 is 1.85 bits per heavy atom. The number of nitrogens with one attached hydrogen (secondary N) is 1. The molecule has 2 amide bonds. The van der Waals surface area contributed by atoms with Crippen molar-refractivity contribution in [3.63, 3.8) is 0 Å². The molecule has 0 aliphatic carbocycles. The van der Waals surface area contributed by atoms with Gasteiger partial charge in [-0.1, -0.05) is 30.0 Å². The predicted octanol–water partition coefficient (Wildman–Crippen LogP) is 6.58. The van der Waals surface area contributed by atoms with Gasteiger partial charge in [-0.2, -0.15) is 0 Å². The molecule has 0 spiro atoms. The zero-order valence-corrected chi connectivity index (χ0v) is 24.1. The van der Waals surface area contributed by atoms with Gasteiger partial charge in [-0.3, -0.25) is 14.5 Å². The summed E-state index contributed by atoms with van der Waals surface area (Å²) in [5, 5.41) is 14.6. The topological polar surface area (TPSA) is 95.9 Å². The number of carbonyl (C=O) groups excluding carboxylic acids is 3. The van der Waals surface area contributed by atoms with Crippen LogP contribution in [0.2, 0.25) is 0 Å². The lowest BCUT2D eigenvalue weighted by molar-refractivity contribution is -0.122. The maximum absolute atomic E-state index is 13.6. The summed E-state index contributed by atoms with van der Waals surface area (Å²) in [6.07, 6.45) is 1.61. The molecule has 3 aromatic rings. The van der Waals surface area contributed by atoms with Crippen molar-refractivity contribution in [2.75, 3.05) is 11.9 Å². The third-order valence-corrected chi connectivity index (χ3v) is 7.74. The van der Waals surface area contributed by atoms with Crippen molar-refractivity contribution in [3.8, 4) is 16.9 Å². The Morgan fingerprint density at radius 3 is 2.52 bits per heavy atom. The number of hydrogen-bond acceptors (Lipinski definition) is 8. The number of nitrogens with zero attached hydrogens (tertiary/aromatic N) is 1. The van der Waals surface area contributed by atoms with E-state index in [-0.39, 0.29) is 35.9 Å². The summed E-state index contributed by atoms with van der Waals surface area (Å²) in [6, 6.07) is 9.48.